The van der Waals surface area contributed by atoms with Gasteiger partial charge in [-0.25, -0.2) is 0 Å². The maximum absolute atomic E-state index is 12.2. The Bertz CT molecular complexity index is 372. The van der Waals surface area contributed by atoms with E-state index in [1.54, 1.807) is 0 Å². The first kappa shape index (κ1) is 13.5. The summed E-state index contributed by atoms with van der Waals surface area (Å²) >= 11 is 0. The average Bonchev–Trinajstić information content (AvgIpc) is 2.17. The van der Waals surface area contributed by atoms with Gasteiger partial charge in [0.05, 0.1) is 7.14 Å². The van der Waals surface area contributed by atoms with Crippen molar-refractivity contribution in [3.05, 3.63) is 35.4 Å². The molecule has 1 atom stereocenters. The summed E-state index contributed by atoms with van der Waals surface area (Å²) in [5.74, 6) is 0.559. The van der Waals surface area contributed by atoms with Crippen molar-refractivity contribution in [1.29, 1.82) is 0 Å². The van der Waals surface area contributed by atoms with Crippen LogP contribution in [0.5, 0.6) is 0 Å². The maximum Gasteiger partial charge on any atom is 0.0890 e. The average molecular weight is 238 g/mol. The summed E-state index contributed by atoms with van der Waals surface area (Å²) in [5, 5.41) is 0. The Morgan fingerprint density at radius 1 is 1.06 bits per heavy atom. The van der Waals surface area contributed by atoms with Crippen molar-refractivity contribution in [2.45, 2.75) is 38.8 Å². The third-order valence-corrected chi connectivity index (χ3v) is 5.29. The molecule has 90 valence electrons. The van der Waals surface area contributed by atoms with Gasteiger partial charge in [-0.1, -0.05) is 45.0 Å². The van der Waals surface area contributed by atoms with Crippen LogP contribution in [-0.4, -0.2) is 13.3 Å². The molecular formula is C14H23OP. The second-order valence-electron chi connectivity index (χ2n) is 5.18. The summed E-state index contributed by atoms with van der Waals surface area (Å²) in [5.41, 5.74) is 2.79. The van der Waals surface area contributed by atoms with Crippen LogP contribution in [0.2, 0.25) is 0 Å². The summed E-state index contributed by atoms with van der Waals surface area (Å²) in [4.78, 5) is 0. The van der Waals surface area contributed by atoms with Crippen LogP contribution in [0.15, 0.2) is 24.3 Å². The molecule has 0 saturated carbocycles. The van der Waals surface area contributed by atoms with Gasteiger partial charge < -0.3 is 4.57 Å². The predicted octanol–water partition coefficient (Wildman–Crippen LogP) is 4.88. The molecule has 0 aromatic heterocycles. The predicted molar refractivity (Wildman–Crippen MR) is 73.0 cm³/mol. The summed E-state index contributed by atoms with van der Waals surface area (Å²) in [6.45, 7) is 10.3. The van der Waals surface area contributed by atoms with Gasteiger partial charge in [0.15, 0.2) is 0 Å². The number of hydrogen-bond donors (Lipinski definition) is 0. The van der Waals surface area contributed by atoms with Gasteiger partial charge in [-0.15, -0.1) is 0 Å². The lowest BCUT2D eigenvalue weighted by Gasteiger charge is -2.20. The molecule has 0 saturated heterocycles. The molecular weight excluding hydrogens is 215 g/mol. The quantitative estimate of drug-likeness (QED) is 0.683. The first-order valence-corrected chi connectivity index (χ1v) is 8.67. The third kappa shape index (κ3) is 3.22. The zero-order valence-electron chi connectivity index (χ0n) is 11.0. The van der Waals surface area contributed by atoms with Gasteiger partial charge in [-0.3, -0.25) is 0 Å². The molecule has 0 N–H and O–H groups in total. The molecule has 0 aliphatic rings. The first-order chi connectivity index (χ1) is 7.36. The monoisotopic (exact) mass is 238 g/mol. The van der Waals surface area contributed by atoms with E-state index in [0.717, 1.165) is 6.42 Å². The smallest absolute Gasteiger partial charge is 0.0890 e. The molecule has 1 nitrogen and oxygen atoms in total. The highest BCUT2D eigenvalue weighted by Gasteiger charge is 2.22. The van der Waals surface area contributed by atoms with Crippen molar-refractivity contribution < 1.29 is 4.57 Å². The highest BCUT2D eigenvalue weighted by molar-refractivity contribution is 7.62. The van der Waals surface area contributed by atoms with Crippen molar-refractivity contribution in [2.24, 2.45) is 0 Å². The minimum atomic E-state index is -2.04. The highest BCUT2D eigenvalue weighted by atomic mass is 31.2. The van der Waals surface area contributed by atoms with Crippen LogP contribution in [0.3, 0.4) is 0 Å². The highest BCUT2D eigenvalue weighted by Crippen LogP contribution is 2.54. The standard InChI is InChI=1S/C14H23OP/c1-6-14(16(4,5)15)13-9-7-12(8-10-13)11(2)3/h7-11,14H,6H2,1-5H3. The van der Waals surface area contributed by atoms with Crippen molar-refractivity contribution >= 4 is 7.14 Å². The molecule has 0 radical (unpaired) electrons. The van der Waals surface area contributed by atoms with Gasteiger partial charge in [-0.05, 0) is 36.8 Å². The molecule has 0 aliphatic heterocycles. The summed E-state index contributed by atoms with van der Waals surface area (Å²) < 4.78 is 12.2. The normalized spacial score (nSPS) is 14.1. The third-order valence-electron chi connectivity index (χ3n) is 3.13. The van der Waals surface area contributed by atoms with E-state index in [1.165, 1.54) is 11.1 Å². The van der Waals surface area contributed by atoms with Crippen LogP contribution in [0, 0.1) is 0 Å². The van der Waals surface area contributed by atoms with Gasteiger partial charge in [-0.2, -0.15) is 0 Å². The second-order valence-corrected chi connectivity index (χ2v) is 8.67. The SMILES string of the molecule is CCC(c1ccc(C(C)C)cc1)P(C)(C)=O. The molecule has 1 aromatic carbocycles. The van der Waals surface area contributed by atoms with Gasteiger partial charge >= 0.3 is 0 Å². The van der Waals surface area contributed by atoms with E-state index in [0.29, 0.717) is 5.92 Å². The topological polar surface area (TPSA) is 17.1 Å². The van der Waals surface area contributed by atoms with Crippen LogP contribution >= 0.6 is 7.14 Å². The van der Waals surface area contributed by atoms with E-state index >= 15 is 0 Å². The van der Waals surface area contributed by atoms with E-state index in [4.69, 9.17) is 0 Å². The Morgan fingerprint density at radius 3 is 1.81 bits per heavy atom. The number of hydrogen-bond acceptors (Lipinski definition) is 1. The fourth-order valence-corrected chi connectivity index (χ4v) is 3.91. The van der Waals surface area contributed by atoms with Crippen LogP contribution in [0.4, 0.5) is 0 Å². The summed E-state index contributed by atoms with van der Waals surface area (Å²) in [7, 11) is -2.04. The lowest BCUT2D eigenvalue weighted by atomic mass is 10.0. The fourth-order valence-electron chi connectivity index (χ4n) is 2.14. The fraction of sp³-hybridized carbons (Fsp3) is 0.571. The minimum absolute atomic E-state index is 0.216. The molecule has 1 aromatic rings. The Labute approximate surface area is 99.6 Å². The van der Waals surface area contributed by atoms with Gasteiger partial charge in [0, 0.05) is 5.66 Å². The lowest BCUT2D eigenvalue weighted by molar-refractivity contribution is 0.571. The number of benzene rings is 1. The Hall–Kier alpha value is -0.550. The Morgan fingerprint density at radius 2 is 1.50 bits per heavy atom. The van der Waals surface area contributed by atoms with E-state index < -0.39 is 7.14 Å². The van der Waals surface area contributed by atoms with Crippen molar-refractivity contribution in [2.75, 3.05) is 13.3 Å². The lowest BCUT2D eigenvalue weighted by Crippen LogP contribution is -1.98. The molecule has 0 bridgehead atoms. The number of rotatable bonds is 4. The van der Waals surface area contributed by atoms with Gasteiger partial charge in [0.25, 0.3) is 0 Å². The molecule has 0 aliphatic carbocycles. The zero-order valence-corrected chi connectivity index (χ0v) is 11.9. The van der Waals surface area contributed by atoms with E-state index in [-0.39, 0.29) is 5.66 Å². The van der Waals surface area contributed by atoms with Crippen LogP contribution < -0.4 is 0 Å². The van der Waals surface area contributed by atoms with Crippen molar-refractivity contribution in [3.63, 3.8) is 0 Å². The van der Waals surface area contributed by atoms with Crippen LogP contribution in [-0.2, 0) is 4.57 Å². The largest absolute Gasteiger partial charge is 0.323 e. The second kappa shape index (κ2) is 5.19. The van der Waals surface area contributed by atoms with E-state index in [2.05, 4.69) is 45.0 Å². The van der Waals surface area contributed by atoms with Gasteiger partial charge in [0.2, 0.25) is 0 Å². The van der Waals surface area contributed by atoms with E-state index in [9.17, 15) is 4.57 Å². The molecule has 16 heavy (non-hydrogen) atoms. The van der Waals surface area contributed by atoms with Gasteiger partial charge in [0.1, 0.15) is 0 Å². The van der Waals surface area contributed by atoms with Crippen molar-refractivity contribution in [1.82, 2.24) is 0 Å². The molecule has 1 unspecified atom stereocenters. The zero-order chi connectivity index (χ0) is 12.3. The maximum atomic E-state index is 12.2. The minimum Gasteiger partial charge on any atom is -0.323 e. The summed E-state index contributed by atoms with van der Waals surface area (Å²) in [6.07, 6.45) is 0.950. The molecule has 0 heterocycles. The van der Waals surface area contributed by atoms with Crippen LogP contribution in [0.25, 0.3) is 0 Å². The van der Waals surface area contributed by atoms with E-state index in [1.807, 2.05) is 13.3 Å². The Balaban J connectivity index is 3.00. The first-order valence-electron chi connectivity index (χ1n) is 6.00. The Kier molecular flexibility index (Phi) is 4.38. The van der Waals surface area contributed by atoms with Crippen molar-refractivity contribution in [3.8, 4) is 0 Å². The molecule has 1 rings (SSSR count). The molecule has 0 fully saturated rings. The van der Waals surface area contributed by atoms with Crippen LogP contribution in [0.1, 0.15) is 49.9 Å². The molecule has 2 heteroatoms. The summed E-state index contributed by atoms with van der Waals surface area (Å²) in [6, 6.07) is 8.61. The molecule has 0 spiro atoms. The molecule has 0 amide bonds.